The van der Waals surface area contributed by atoms with Crippen molar-refractivity contribution in [1.29, 1.82) is 0 Å². The van der Waals surface area contributed by atoms with E-state index in [2.05, 4.69) is 6.92 Å². The zero-order chi connectivity index (χ0) is 13.4. The topological polar surface area (TPSA) is 34.1 Å². The van der Waals surface area contributed by atoms with Crippen LogP contribution < -0.4 is 0 Å². The van der Waals surface area contributed by atoms with Gasteiger partial charge in [-0.05, 0) is 36.7 Å². The molecule has 4 unspecified atom stereocenters. The highest BCUT2D eigenvalue weighted by Gasteiger charge is 2.62. The molecule has 0 spiro atoms. The average Bonchev–Trinajstić information content (AvgIpc) is 2.89. The molecule has 19 heavy (non-hydrogen) atoms. The molecule has 2 bridgehead atoms. The molecule has 4 atom stereocenters. The molecule has 3 aliphatic carbocycles. The summed E-state index contributed by atoms with van der Waals surface area (Å²) in [7, 11) is 0. The molecular formula is C16H15ClO2. The summed E-state index contributed by atoms with van der Waals surface area (Å²) in [6, 6.07) is 5.23. The molecule has 3 aliphatic rings. The fourth-order valence-corrected chi connectivity index (χ4v) is 5.04. The fraction of sp³-hybridized carbons (Fsp3) is 0.500. The fourth-order valence-electron chi connectivity index (χ4n) is 4.77. The van der Waals surface area contributed by atoms with Gasteiger partial charge in [-0.3, -0.25) is 9.59 Å². The van der Waals surface area contributed by atoms with E-state index < -0.39 is 0 Å². The van der Waals surface area contributed by atoms with Gasteiger partial charge in [-0.25, -0.2) is 0 Å². The van der Waals surface area contributed by atoms with Crippen molar-refractivity contribution in [3.63, 3.8) is 0 Å². The molecular weight excluding hydrogens is 260 g/mol. The maximum absolute atomic E-state index is 12.8. The molecule has 0 radical (unpaired) electrons. The second-order valence-electron chi connectivity index (χ2n) is 6.55. The standard InChI is InChI=1S/C16H15ClO2/c1-16-6-5-8(7-16)11-13(16)14(18)9-3-2-4-10(17)12(9)15(11)19/h2-4,8,11,13H,5-7H2,1H3. The van der Waals surface area contributed by atoms with Crippen molar-refractivity contribution < 1.29 is 9.59 Å². The van der Waals surface area contributed by atoms with Gasteiger partial charge >= 0.3 is 0 Å². The van der Waals surface area contributed by atoms with E-state index in [4.69, 9.17) is 11.6 Å². The van der Waals surface area contributed by atoms with E-state index in [1.165, 1.54) is 0 Å². The average molecular weight is 275 g/mol. The van der Waals surface area contributed by atoms with E-state index in [-0.39, 0.29) is 28.8 Å². The molecule has 3 heteroatoms. The number of carbonyl (C=O) groups excluding carboxylic acids is 2. The van der Waals surface area contributed by atoms with Crippen molar-refractivity contribution >= 4 is 23.2 Å². The third kappa shape index (κ3) is 1.28. The Balaban J connectivity index is 1.96. The number of hydrogen-bond donors (Lipinski definition) is 0. The second-order valence-corrected chi connectivity index (χ2v) is 6.96. The molecule has 1 aromatic carbocycles. The largest absolute Gasteiger partial charge is 0.294 e. The Morgan fingerprint density at radius 1 is 1.26 bits per heavy atom. The van der Waals surface area contributed by atoms with Crippen molar-refractivity contribution in [3.05, 3.63) is 34.3 Å². The molecule has 2 saturated carbocycles. The summed E-state index contributed by atoms with van der Waals surface area (Å²) in [4.78, 5) is 25.5. The minimum absolute atomic E-state index is 0.0298. The van der Waals surface area contributed by atoms with Gasteiger partial charge in [0.2, 0.25) is 0 Å². The lowest BCUT2D eigenvalue weighted by Crippen LogP contribution is -2.43. The number of fused-ring (bicyclic) bond motifs is 6. The molecule has 0 aliphatic heterocycles. The van der Waals surface area contributed by atoms with Crippen molar-refractivity contribution in [1.82, 2.24) is 0 Å². The lowest BCUT2D eigenvalue weighted by molar-refractivity contribution is 0.0573. The Hall–Kier alpha value is -1.15. The van der Waals surface area contributed by atoms with Crippen LogP contribution in [-0.2, 0) is 0 Å². The summed E-state index contributed by atoms with van der Waals surface area (Å²) >= 11 is 6.16. The Morgan fingerprint density at radius 3 is 2.84 bits per heavy atom. The van der Waals surface area contributed by atoms with Crippen LogP contribution in [0, 0.1) is 23.2 Å². The minimum atomic E-state index is -0.112. The van der Waals surface area contributed by atoms with E-state index in [1.807, 2.05) is 0 Å². The first-order chi connectivity index (χ1) is 9.03. The summed E-state index contributed by atoms with van der Waals surface area (Å²) < 4.78 is 0. The Kier molecular flexibility index (Phi) is 2.14. The molecule has 98 valence electrons. The third-order valence-electron chi connectivity index (χ3n) is 5.54. The lowest BCUT2D eigenvalue weighted by atomic mass is 9.63. The predicted molar refractivity (Wildman–Crippen MR) is 72.5 cm³/mol. The first-order valence-electron chi connectivity index (χ1n) is 6.90. The summed E-state index contributed by atoms with van der Waals surface area (Å²) in [5, 5.41) is 0.433. The van der Waals surface area contributed by atoms with Crippen LogP contribution in [0.3, 0.4) is 0 Å². The first kappa shape index (κ1) is 11.7. The lowest BCUT2D eigenvalue weighted by Gasteiger charge is -2.38. The number of benzene rings is 1. The quantitative estimate of drug-likeness (QED) is 0.722. The highest BCUT2D eigenvalue weighted by molar-refractivity contribution is 6.36. The smallest absolute Gasteiger partial charge is 0.169 e. The van der Waals surface area contributed by atoms with Crippen molar-refractivity contribution in [2.24, 2.45) is 23.2 Å². The first-order valence-corrected chi connectivity index (χ1v) is 7.28. The maximum Gasteiger partial charge on any atom is 0.169 e. The summed E-state index contributed by atoms with van der Waals surface area (Å²) in [5.74, 6) is 0.421. The van der Waals surface area contributed by atoms with Gasteiger partial charge in [-0.1, -0.05) is 30.7 Å². The summed E-state index contributed by atoms with van der Waals surface area (Å²) in [6.45, 7) is 2.18. The number of carbonyl (C=O) groups is 2. The van der Waals surface area contributed by atoms with Gasteiger partial charge in [-0.2, -0.15) is 0 Å². The van der Waals surface area contributed by atoms with E-state index in [0.29, 0.717) is 22.1 Å². The summed E-state index contributed by atoms with van der Waals surface area (Å²) in [5.41, 5.74) is 1.06. The van der Waals surface area contributed by atoms with E-state index >= 15 is 0 Å². The van der Waals surface area contributed by atoms with Crippen LogP contribution in [-0.4, -0.2) is 11.6 Å². The van der Waals surface area contributed by atoms with Crippen LogP contribution >= 0.6 is 11.6 Å². The molecule has 2 nitrogen and oxygen atoms in total. The molecule has 2 fully saturated rings. The van der Waals surface area contributed by atoms with Gasteiger partial charge in [0, 0.05) is 23.0 Å². The monoisotopic (exact) mass is 274 g/mol. The van der Waals surface area contributed by atoms with Crippen molar-refractivity contribution in [2.75, 3.05) is 0 Å². The number of halogens is 1. The highest BCUT2D eigenvalue weighted by atomic mass is 35.5. The number of hydrogen-bond acceptors (Lipinski definition) is 2. The molecule has 1 aromatic rings. The predicted octanol–water partition coefficient (Wildman–Crippen LogP) is 3.77. The molecule has 0 saturated heterocycles. The third-order valence-corrected chi connectivity index (χ3v) is 5.86. The molecule has 0 N–H and O–H groups in total. The Bertz CT molecular complexity index is 621. The van der Waals surface area contributed by atoms with Crippen LogP contribution in [0.25, 0.3) is 0 Å². The van der Waals surface area contributed by atoms with Crippen molar-refractivity contribution in [2.45, 2.75) is 26.2 Å². The van der Waals surface area contributed by atoms with Crippen LogP contribution in [0.1, 0.15) is 46.9 Å². The number of ketones is 2. The van der Waals surface area contributed by atoms with Crippen LogP contribution in [0.4, 0.5) is 0 Å². The van der Waals surface area contributed by atoms with E-state index in [1.54, 1.807) is 18.2 Å². The van der Waals surface area contributed by atoms with E-state index in [9.17, 15) is 9.59 Å². The Labute approximate surface area is 117 Å². The van der Waals surface area contributed by atoms with Gasteiger partial charge < -0.3 is 0 Å². The Morgan fingerprint density at radius 2 is 2.05 bits per heavy atom. The van der Waals surface area contributed by atoms with E-state index in [0.717, 1.165) is 19.3 Å². The van der Waals surface area contributed by atoms with Crippen molar-refractivity contribution in [3.8, 4) is 0 Å². The van der Waals surface area contributed by atoms with Crippen LogP contribution in [0.2, 0.25) is 5.02 Å². The van der Waals surface area contributed by atoms with Gasteiger partial charge in [-0.15, -0.1) is 0 Å². The molecule has 0 heterocycles. The summed E-state index contributed by atoms with van der Waals surface area (Å²) in [6.07, 6.45) is 3.18. The van der Waals surface area contributed by atoms with Gasteiger partial charge in [0.1, 0.15) is 0 Å². The van der Waals surface area contributed by atoms with Crippen LogP contribution in [0.15, 0.2) is 18.2 Å². The van der Waals surface area contributed by atoms with Gasteiger partial charge in [0.25, 0.3) is 0 Å². The zero-order valence-corrected chi connectivity index (χ0v) is 11.5. The van der Waals surface area contributed by atoms with Crippen LogP contribution in [0.5, 0.6) is 0 Å². The van der Waals surface area contributed by atoms with Gasteiger partial charge in [0.15, 0.2) is 11.6 Å². The van der Waals surface area contributed by atoms with Gasteiger partial charge in [0.05, 0.1) is 5.02 Å². The maximum atomic E-state index is 12.8. The number of Topliss-reactive ketones (excluding diaryl/α,β-unsaturated/α-hetero) is 2. The molecule has 0 aromatic heterocycles. The number of rotatable bonds is 0. The minimum Gasteiger partial charge on any atom is -0.294 e. The highest BCUT2D eigenvalue weighted by Crippen LogP contribution is 2.63. The SMILES string of the molecule is CC12CCC(C1)C1C(=O)c3c(Cl)cccc3C(=O)C12. The molecule has 0 amide bonds. The second kappa shape index (κ2) is 3.49. The normalized spacial score (nSPS) is 39.4. The zero-order valence-electron chi connectivity index (χ0n) is 10.8. The molecule has 4 rings (SSSR count).